The summed E-state index contributed by atoms with van der Waals surface area (Å²) in [6.45, 7) is 4.42. The number of halogens is 2. The molecule has 2 aromatic rings. The maximum atomic E-state index is 12.3. The van der Waals surface area contributed by atoms with Gasteiger partial charge in [0.2, 0.25) is 0 Å². The second kappa shape index (κ2) is 10.9. The molecule has 0 saturated heterocycles. The Morgan fingerprint density at radius 3 is 2.46 bits per heavy atom. The molecule has 0 spiro atoms. The number of benzene rings is 1. The Bertz CT molecular complexity index is 635. The van der Waals surface area contributed by atoms with E-state index in [1.165, 1.54) is 0 Å². The first-order valence-electron chi connectivity index (χ1n) is 7.12. The van der Waals surface area contributed by atoms with Crippen LogP contribution in [-0.4, -0.2) is 35.4 Å². The van der Waals surface area contributed by atoms with Crippen LogP contribution in [0.1, 0.15) is 28.0 Å². The predicted molar refractivity (Wildman–Crippen MR) is 108 cm³/mol. The molecular weight excluding hydrogens is 385 g/mol. The fraction of sp³-hybridized carbons (Fsp3) is 0.375. The van der Waals surface area contributed by atoms with Gasteiger partial charge in [-0.3, -0.25) is 4.79 Å². The Labute approximate surface area is 164 Å². The van der Waals surface area contributed by atoms with Gasteiger partial charge in [-0.05, 0) is 38.1 Å². The van der Waals surface area contributed by atoms with Gasteiger partial charge >= 0.3 is 0 Å². The van der Waals surface area contributed by atoms with Crippen LogP contribution in [0.5, 0.6) is 0 Å². The van der Waals surface area contributed by atoms with Crippen molar-refractivity contribution in [3.05, 3.63) is 45.9 Å². The zero-order chi connectivity index (χ0) is 16.1. The maximum Gasteiger partial charge on any atom is 0.253 e. The zero-order valence-electron chi connectivity index (χ0n) is 13.9. The number of nitrogens with zero attached hydrogens (tertiary/aromatic N) is 2. The number of likely N-dealkylation sites (N-methyl/N-ethyl adjacent to an activating group) is 1. The summed E-state index contributed by atoms with van der Waals surface area (Å²) in [6.07, 6.45) is 0. The highest BCUT2D eigenvalue weighted by molar-refractivity contribution is 7.98. The summed E-state index contributed by atoms with van der Waals surface area (Å²) in [5, 5.41) is 3.18. The van der Waals surface area contributed by atoms with Crippen LogP contribution >= 0.6 is 47.9 Å². The van der Waals surface area contributed by atoms with E-state index in [2.05, 4.69) is 10.4 Å². The molecule has 1 unspecified atom stereocenters. The molecule has 0 fully saturated rings. The Hall–Kier alpha value is -0.790. The average Bonchev–Trinajstić information content (AvgIpc) is 2.96. The van der Waals surface area contributed by atoms with Gasteiger partial charge in [0.25, 0.3) is 5.91 Å². The van der Waals surface area contributed by atoms with Gasteiger partial charge in [0.15, 0.2) is 0 Å². The minimum atomic E-state index is 0. The Kier molecular flexibility index (Phi) is 10.6. The molecule has 1 atom stereocenters. The van der Waals surface area contributed by atoms with E-state index in [4.69, 9.17) is 5.73 Å². The van der Waals surface area contributed by atoms with E-state index in [1.54, 1.807) is 35.0 Å². The molecule has 0 saturated carbocycles. The van der Waals surface area contributed by atoms with Gasteiger partial charge < -0.3 is 10.6 Å². The first-order chi connectivity index (χ1) is 10.5. The number of amides is 1. The lowest BCUT2D eigenvalue weighted by molar-refractivity contribution is 0.0748. The third-order valence-corrected chi connectivity index (χ3v) is 5.35. The number of carbonyl (C=O) groups excluding carboxylic acids is 1. The van der Waals surface area contributed by atoms with Crippen LogP contribution in [0.4, 0.5) is 0 Å². The minimum absolute atomic E-state index is 0. The molecule has 24 heavy (non-hydrogen) atoms. The topological polar surface area (TPSA) is 59.2 Å². The van der Waals surface area contributed by atoms with E-state index in [1.807, 2.05) is 38.1 Å². The van der Waals surface area contributed by atoms with Crippen molar-refractivity contribution in [2.75, 3.05) is 13.6 Å². The molecule has 0 aliphatic carbocycles. The van der Waals surface area contributed by atoms with Gasteiger partial charge in [0.05, 0.1) is 10.7 Å². The van der Waals surface area contributed by atoms with Gasteiger partial charge in [-0.1, -0.05) is 0 Å². The van der Waals surface area contributed by atoms with Crippen LogP contribution in [0, 0.1) is 6.92 Å². The third-order valence-electron chi connectivity index (χ3n) is 3.48. The Morgan fingerprint density at radius 2 is 1.96 bits per heavy atom. The number of thioether (sulfide) groups is 1. The van der Waals surface area contributed by atoms with Crippen molar-refractivity contribution in [1.29, 1.82) is 0 Å². The Morgan fingerprint density at radius 1 is 1.33 bits per heavy atom. The molecule has 8 heteroatoms. The maximum absolute atomic E-state index is 12.3. The van der Waals surface area contributed by atoms with Crippen molar-refractivity contribution in [3.63, 3.8) is 0 Å². The lowest BCUT2D eigenvalue weighted by Gasteiger charge is -2.23. The van der Waals surface area contributed by atoms with Crippen molar-refractivity contribution in [1.82, 2.24) is 9.88 Å². The molecule has 0 aliphatic rings. The van der Waals surface area contributed by atoms with Crippen LogP contribution in [0.25, 0.3) is 0 Å². The van der Waals surface area contributed by atoms with E-state index in [-0.39, 0.29) is 36.8 Å². The summed E-state index contributed by atoms with van der Waals surface area (Å²) in [5.41, 5.74) is 7.40. The molecule has 1 aromatic carbocycles. The van der Waals surface area contributed by atoms with Crippen LogP contribution < -0.4 is 5.73 Å². The highest BCUT2D eigenvalue weighted by atomic mass is 35.5. The molecule has 4 nitrogen and oxygen atoms in total. The smallest absolute Gasteiger partial charge is 0.253 e. The first kappa shape index (κ1) is 23.2. The lowest BCUT2D eigenvalue weighted by Crippen LogP contribution is -2.39. The van der Waals surface area contributed by atoms with Crippen LogP contribution in [0.3, 0.4) is 0 Å². The fourth-order valence-electron chi connectivity index (χ4n) is 1.89. The van der Waals surface area contributed by atoms with Crippen molar-refractivity contribution in [2.24, 2.45) is 5.73 Å². The van der Waals surface area contributed by atoms with E-state index in [9.17, 15) is 4.79 Å². The molecule has 134 valence electrons. The van der Waals surface area contributed by atoms with Crippen molar-refractivity contribution >= 4 is 53.8 Å². The number of thiazole rings is 1. The monoisotopic (exact) mass is 407 g/mol. The fourth-order valence-corrected chi connectivity index (χ4v) is 3.40. The van der Waals surface area contributed by atoms with Gasteiger partial charge in [-0.15, -0.1) is 47.9 Å². The average molecular weight is 408 g/mol. The lowest BCUT2D eigenvalue weighted by atomic mass is 10.2. The summed E-state index contributed by atoms with van der Waals surface area (Å²) in [6, 6.07) is 7.75. The van der Waals surface area contributed by atoms with Crippen LogP contribution in [0.15, 0.2) is 34.5 Å². The predicted octanol–water partition coefficient (Wildman–Crippen LogP) is 4.01. The van der Waals surface area contributed by atoms with Crippen LogP contribution in [0.2, 0.25) is 0 Å². The van der Waals surface area contributed by atoms with Gasteiger partial charge in [-0.25, -0.2) is 4.98 Å². The number of aryl methyl sites for hydroxylation is 1. The van der Waals surface area contributed by atoms with Crippen LogP contribution in [-0.2, 0) is 5.75 Å². The summed E-state index contributed by atoms with van der Waals surface area (Å²) in [7, 11) is 1.78. The number of rotatable bonds is 6. The second-order valence-corrected chi connectivity index (χ2v) is 7.28. The van der Waals surface area contributed by atoms with E-state index in [0.717, 1.165) is 21.3 Å². The summed E-state index contributed by atoms with van der Waals surface area (Å²) < 4.78 is 0. The molecule has 2 rings (SSSR count). The summed E-state index contributed by atoms with van der Waals surface area (Å²) in [4.78, 5) is 19.6. The molecule has 1 aromatic heterocycles. The van der Waals surface area contributed by atoms with Crippen molar-refractivity contribution in [3.8, 4) is 0 Å². The normalized spacial score (nSPS) is 11.2. The minimum Gasteiger partial charge on any atom is -0.338 e. The molecule has 0 bridgehead atoms. The number of hydrogen-bond acceptors (Lipinski definition) is 5. The van der Waals surface area contributed by atoms with E-state index >= 15 is 0 Å². The quantitative estimate of drug-likeness (QED) is 0.734. The SMILES string of the molecule is Cc1nc(CSc2ccc(C(=O)N(C)C(C)CN)cc2)cs1.Cl.Cl. The third kappa shape index (κ3) is 6.26. The number of hydrogen-bond donors (Lipinski definition) is 1. The standard InChI is InChI=1S/C16H21N3OS2.2ClH/c1-11(8-17)19(3)16(20)13-4-6-15(7-5-13)22-10-14-9-21-12(2)18-14;;/h4-7,9,11H,8,10,17H2,1-3H3;2*1H. The van der Waals surface area contributed by atoms with E-state index in [0.29, 0.717) is 12.1 Å². The molecular formula is C16H23Cl2N3OS2. The highest BCUT2D eigenvalue weighted by Gasteiger charge is 2.16. The number of carbonyl (C=O) groups is 1. The van der Waals surface area contributed by atoms with Gasteiger partial charge in [-0.2, -0.15) is 0 Å². The highest BCUT2D eigenvalue weighted by Crippen LogP contribution is 2.24. The first-order valence-corrected chi connectivity index (χ1v) is 8.99. The summed E-state index contributed by atoms with van der Waals surface area (Å²) >= 11 is 3.39. The van der Waals surface area contributed by atoms with Crippen molar-refractivity contribution < 1.29 is 4.79 Å². The summed E-state index contributed by atoms with van der Waals surface area (Å²) in [5.74, 6) is 0.853. The van der Waals surface area contributed by atoms with E-state index < -0.39 is 0 Å². The largest absolute Gasteiger partial charge is 0.338 e. The zero-order valence-corrected chi connectivity index (χ0v) is 17.2. The molecule has 2 N–H and O–H groups in total. The van der Waals surface area contributed by atoms with Crippen molar-refractivity contribution in [2.45, 2.75) is 30.5 Å². The van der Waals surface area contributed by atoms with Gasteiger partial charge in [0, 0.05) is 41.2 Å². The number of nitrogens with two attached hydrogens (primary N) is 1. The van der Waals surface area contributed by atoms with Gasteiger partial charge in [0.1, 0.15) is 0 Å². The molecule has 1 amide bonds. The second-order valence-electron chi connectivity index (χ2n) is 5.17. The Balaban J connectivity index is 0.00000264. The molecule has 0 radical (unpaired) electrons. The molecule has 1 heterocycles. The molecule has 0 aliphatic heterocycles. The number of aromatic nitrogens is 1.